The molecule has 0 atom stereocenters. The molecule has 0 spiro atoms. The average Bonchev–Trinajstić information content (AvgIpc) is 3.08. The maximum atomic E-state index is 13.2. The Balaban J connectivity index is 1.98. The molecule has 6 nitrogen and oxygen atoms in total. The number of nitrogens with one attached hydrogen (secondary N) is 2. The average molecular weight is 395 g/mol. The number of carbonyl (C=O) groups excluding carboxylic acids is 2. The molecule has 1 heterocycles. The van der Waals surface area contributed by atoms with Crippen molar-refractivity contribution in [1.29, 1.82) is 0 Å². The summed E-state index contributed by atoms with van der Waals surface area (Å²) >= 11 is 5.76. The van der Waals surface area contributed by atoms with Gasteiger partial charge in [-0.3, -0.25) is 14.8 Å². The lowest BCUT2D eigenvalue weighted by molar-refractivity contribution is -0.129. The van der Waals surface area contributed by atoms with Gasteiger partial charge in [0.15, 0.2) is 5.22 Å². The van der Waals surface area contributed by atoms with E-state index in [2.05, 4.69) is 5.32 Å². The van der Waals surface area contributed by atoms with Crippen molar-refractivity contribution in [2.75, 3.05) is 6.54 Å². The minimum atomic E-state index is -0.433. The minimum Gasteiger partial charge on any atom is -0.445 e. The van der Waals surface area contributed by atoms with Gasteiger partial charge < -0.3 is 9.73 Å². The van der Waals surface area contributed by atoms with Crippen LogP contribution in [0.15, 0.2) is 40.8 Å². The van der Waals surface area contributed by atoms with Crippen LogP contribution in [0.25, 0.3) is 11.6 Å². The first-order valence-electron chi connectivity index (χ1n) is 8.43. The summed E-state index contributed by atoms with van der Waals surface area (Å²) in [6.45, 7) is 0.414. The quantitative estimate of drug-likeness (QED) is 0.261. The Morgan fingerprint density at radius 1 is 1.11 bits per heavy atom. The molecule has 0 saturated carbocycles. The number of furan rings is 1. The third kappa shape index (κ3) is 6.88. The summed E-state index contributed by atoms with van der Waals surface area (Å²) in [6.07, 6.45) is 3.77. The summed E-state index contributed by atoms with van der Waals surface area (Å²) in [6, 6.07) is 8.77. The Morgan fingerprint density at radius 2 is 1.85 bits per heavy atom. The van der Waals surface area contributed by atoms with Crippen molar-refractivity contribution in [2.24, 2.45) is 0 Å². The number of amides is 2. The van der Waals surface area contributed by atoms with Crippen LogP contribution in [-0.4, -0.2) is 23.6 Å². The van der Waals surface area contributed by atoms with E-state index in [1.807, 2.05) is 0 Å². The van der Waals surface area contributed by atoms with Gasteiger partial charge in [0.2, 0.25) is 5.91 Å². The van der Waals surface area contributed by atoms with Gasteiger partial charge in [0.25, 0.3) is 5.91 Å². The van der Waals surface area contributed by atoms with E-state index in [4.69, 9.17) is 21.2 Å². The Hall–Kier alpha value is -2.64. The van der Waals surface area contributed by atoms with Gasteiger partial charge >= 0.3 is 0 Å². The molecule has 0 aliphatic heterocycles. The van der Waals surface area contributed by atoms with Gasteiger partial charge in [0, 0.05) is 13.0 Å². The van der Waals surface area contributed by atoms with E-state index in [1.165, 1.54) is 24.3 Å². The van der Waals surface area contributed by atoms with E-state index in [0.29, 0.717) is 36.3 Å². The van der Waals surface area contributed by atoms with Gasteiger partial charge in [0.1, 0.15) is 11.6 Å². The van der Waals surface area contributed by atoms with Crippen LogP contribution in [0.3, 0.4) is 0 Å². The lowest BCUT2D eigenvalue weighted by atomic mass is 10.0. The molecule has 0 bridgehead atoms. The molecule has 1 aromatic carbocycles. The van der Waals surface area contributed by atoms with Crippen LogP contribution in [0.2, 0.25) is 5.22 Å². The largest absolute Gasteiger partial charge is 0.445 e. The van der Waals surface area contributed by atoms with Crippen molar-refractivity contribution in [2.45, 2.75) is 25.7 Å². The number of carbonyl (C=O) groups is 2. The number of hydrogen-bond donors (Lipinski definition) is 3. The summed E-state index contributed by atoms with van der Waals surface area (Å²) in [5.74, 6) is -0.754. The lowest BCUT2D eigenvalue weighted by Gasteiger charge is -2.09. The number of hydrogen-bond acceptors (Lipinski definition) is 4. The van der Waals surface area contributed by atoms with Crippen molar-refractivity contribution in [3.05, 3.63) is 58.8 Å². The molecule has 2 amide bonds. The summed E-state index contributed by atoms with van der Waals surface area (Å²) in [4.78, 5) is 23.5. The molecule has 27 heavy (non-hydrogen) atoms. The molecule has 0 saturated heterocycles. The number of unbranched alkanes of at least 4 members (excludes halogenated alkanes) is 2. The predicted molar refractivity (Wildman–Crippen MR) is 99.4 cm³/mol. The highest BCUT2D eigenvalue weighted by molar-refractivity contribution is 6.29. The van der Waals surface area contributed by atoms with Gasteiger partial charge in [0.05, 0.1) is 5.57 Å². The fourth-order valence-electron chi connectivity index (χ4n) is 2.40. The van der Waals surface area contributed by atoms with Crippen molar-refractivity contribution in [3.8, 4) is 0 Å². The van der Waals surface area contributed by atoms with Crippen molar-refractivity contribution in [1.82, 2.24) is 10.8 Å². The molecule has 3 N–H and O–H groups in total. The number of rotatable bonds is 9. The predicted octanol–water partition coefficient (Wildman–Crippen LogP) is 3.79. The first-order chi connectivity index (χ1) is 13.0. The Bertz CT molecular complexity index is 802. The normalized spacial score (nSPS) is 11.3. The lowest BCUT2D eigenvalue weighted by Crippen LogP contribution is -2.25. The third-order valence-electron chi connectivity index (χ3n) is 3.77. The van der Waals surface area contributed by atoms with E-state index >= 15 is 0 Å². The van der Waals surface area contributed by atoms with E-state index < -0.39 is 11.7 Å². The van der Waals surface area contributed by atoms with Gasteiger partial charge in [-0.15, -0.1) is 0 Å². The molecule has 0 aliphatic rings. The second-order valence-electron chi connectivity index (χ2n) is 5.81. The van der Waals surface area contributed by atoms with E-state index in [1.54, 1.807) is 23.7 Å². The highest BCUT2D eigenvalue weighted by atomic mass is 35.5. The molecule has 1 aromatic heterocycles. The molecular weight excluding hydrogens is 375 g/mol. The van der Waals surface area contributed by atoms with E-state index in [9.17, 15) is 14.0 Å². The van der Waals surface area contributed by atoms with Crippen LogP contribution in [0.1, 0.15) is 37.0 Å². The summed E-state index contributed by atoms with van der Waals surface area (Å²) < 4.78 is 18.5. The van der Waals surface area contributed by atoms with Crippen LogP contribution in [0.5, 0.6) is 0 Å². The summed E-state index contributed by atoms with van der Waals surface area (Å²) in [7, 11) is 0. The smallest absolute Gasteiger partial charge is 0.252 e. The maximum absolute atomic E-state index is 13.2. The SMILES string of the molecule is O=C(CCCCCNC(=O)/C(=C/c1ccc(Cl)o1)c1ccc(F)cc1)NO. The van der Waals surface area contributed by atoms with Crippen LogP contribution in [-0.2, 0) is 9.59 Å². The molecule has 144 valence electrons. The molecule has 0 unspecified atom stereocenters. The van der Waals surface area contributed by atoms with Gasteiger partial charge in [-0.1, -0.05) is 18.6 Å². The van der Waals surface area contributed by atoms with Crippen LogP contribution >= 0.6 is 11.6 Å². The van der Waals surface area contributed by atoms with Crippen LogP contribution < -0.4 is 10.8 Å². The second kappa shape index (κ2) is 10.5. The van der Waals surface area contributed by atoms with Gasteiger partial charge in [-0.05, 0) is 60.3 Å². The standard InChI is InChI=1S/C19H20ClFN2O4/c20-17-10-9-15(27-17)12-16(13-5-7-14(21)8-6-13)19(25)22-11-3-1-2-4-18(24)23-26/h5-10,12,26H,1-4,11H2,(H,22,25)(H,23,24)/b16-12+. The molecule has 8 heteroatoms. The Labute approximate surface area is 161 Å². The molecular formula is C19H20ClFN2O4. The van der Waals surface area contributed by atoms with Crippen LogP contribution in [0.4, 0.5) is 4.39 Å². The minimum absolute atomic E-state index is 0.201. The molecule has 0 aliphatic carbocycles. The number of benzene rings is 1. The molecule has 0 radical (unpaired) electrons. The fraction of sp³-hybridized carbons (Fsp3) is 0.263. The van der Waals surface area contributed by atoms with Crippen molar-refractivity contribution < 1.29 is 23.6 Å². The van der Waals surface area contributed by atoms with Gasteiger partial charge in [-0.25, -0.2) is 9.87 Å². The number of hydroxylamine groups is 1. The zero-order chi connectivity index (χ0) is 19.6. The maximum Gasteiger partial charge on any atom is 0.252 e. The Kier molecular flexibility index (Phi) is 8.03. The molecule has 0 fully saturated rings. The van der Waals surface area contributed by atoms with Crippen LogP contribution in [0, 0.1) is 5.82 Å². The monoisotopic (exact) mass is 394 g/mol. The third-order valence-corrected chi connectivity index (χ3v) is 3.97. The van der Waals surface area contributed by atoms with E-state index in [0.717, 1.165) is 6.42 Å². The Morgan fingerprint density at radius 3 is 2.48 bits per heavy atom. The topological polar surface area (TPSA) is 91.6 Å². The highest BCUT2D eigenvalue weighted by Crippen LogP contribution is 2.22. The highest BCUT2D eigenvalue weighted by Gasteiger charge is 2.13. The fourth-order valence-corrected chi connectivity index (χ4v) is 2.55. The molecule has 2 aromatic rings. The summed E-state index contributed by atoms with van der Waals surface area (Å²) in [5.41, 5.74) is 2.44. The van der Waals surface area contributed by atoms with Crippen molar-refractivity contribution >= 4 is 35.1 Å². The van der Waals surface area contributed by atoms with E-state index in [-0.39, 0.29) is 17.5 Å². The molecule has 2 rings (SSSR count). The second-order valence-corrected chi connectivity index (χ2v) is 6.18. The first-order valence-corrected chi connectivity index (χ1v) is 8.81. The van der Waals surface area contributed by atoms with Gasteiger partial charge in [-0.2, -0.15) is 0 Å². The first kappa shape index (κ1) is 20.7. The number of halogens is 2. The van der Waals surface area contributed by atoms with Crippen molar-refractivity contribution in [3.63, 3.8) is 0 Å². The summed E-state index contributed by atoms with van der Waals surface area (Å²) in [5, 5.41) is 11.4. The zero-order valence-electron chi connectivity index (χ0n) is 14.5. The zero-order valence-corrected chi connectivity index (χ0v) is 15.3.